The van der Waals surface area contributed by atoms with E-state index < -0.39 is 29.2 Å². The number of rotatable bonds is 4. The largest absolute Gasteiger partial charge is 0.382 e. The number of urea groups is 1. The molecule has 164 valence electrons. The van der Waals surface area contributed by atoms with Crippen LogP contribution in [0.15, 0.2) is 48.8 Å². The lowest BCUT2D eigenvalue weighted by Gasteiger charge is -2.09. The first-order valence-electron chi connectivity index (χ1n) is 9.70. The Morgan fingerprint density at radius 3 is 2.41 bits per heavy atom. The van der Waals surface area contributed by atoms with Gasteiger partial charge in [-0.1, -0.05) is 26.0 Å². The molecule has 2 amide bonds. The van der Waals surface area contributed by atoms with Gasteiger partial charge < -0.3 is 16.4 Å². The normalized spacial score (nSPS) is 11.2. The summed E-state index contributed by atoms with van der Waals surface area (Å²) < 4.78 is 41.9. The Labute approximate surface area is 181 Å². The Hall–Kier alpha value is -4.08. The minimum atomic E-state index is -1.34. The Balaban J connectivity index is 1.57. The van der Waals surface area contributed by atoms with Gasteiger partial charge in [0.2, 0.25) is 0 Å². The summed E-state index contributed by atoms with van der Waals surface area (Å²) >= 11 is 0. The van der Waals surface area contributed by atoms with Crippen LogP contribution in [0.2, 0.25) is 0 Å². The first-order valence-corrected chi connectivity index (χ1v) is 9.70. The van der Waals surface area contributed by atoms with E-state index in [4.69, 9.17) is 10.7 Å². The number of hydrogen-bond donors (Lipinski definition) is 3. The lowest BCUT2D eigenvalue weighted by atomic mass is 10.1. The number of nitrogen functional groups attached to an aromatic ring is 1. The number of hydrogen-bond acceptors (Lipinski definition) is 4. The van der Waals surface area contributed by atoms with Gasteiger partial charge in [-0.25, -0.2) is 27.9 Å². The van der Waals surface area contributed by atoms with Crippen molar-refractivity contribution < 1.29 is 18.0 Å². The van der Waals surface area contributed by atoms with Crippen LogP contribution in [0.5, 0.6) is 0 Å². The molecule has 32 heavy (non-hydrogen) atoms. The number of carbonyl (C=O) groups is 1. The minimum absolute atomic E-state index is 0.152. The van der Waals surface area contributed by atoms with Crippen LogP contribution in [0.4, 0.5) is 35.2 Å². The van der Waals surface area contributed by atoms with E-state index in [2.05, 4.69) is 15.6 Å². The second-order valence-corrected chi connectivity index (χ2v) is 7.41. The third-order valence-corrected chi connectivity index (χ3v) is 4.80. The van der Waals surface area contributed by atoms with Gasteiger partial charge in [-0.05, 0) is 12.1 Å². The third-order valence-electron chi connectivity index (χ3n) is 4.80. The molecule has 2 aromatic carbocycles. The zero-order chi connectivity index (χ0) is 23.0. The molecule has 0 bridgehead atoms. The fourth-order valence-electron chi connectivity index (χ4n) is 3.31. The van der Waals surface area contributed by atoms with E-state index >= 15 is 0 Å². The molecule has 0 fully saturated rings. The van der Waals surface area contributed by atoms with Gasteiger partial charge in [0, 0.05) is 41.7 Å². The molecule has 0 atom stereocenters. The van der Waals surface area contributed by atoms with Crippen LogP contribution >= 0.6 is 0 Å². The second kappa shape index (κ2) is 8.22. The first-order chi connectivity index (χ1) is 15.2. The van der Waals surface area contributed by atoms with Crippen LogP contribution < -0.4 is 16.4 Å². The van der Waals surface area contributed by atoms with Crippen molar-refractivity contribution in [3.8, 4) is 11.3 Å². The van der Waals surface area contributed by atoms with Gasteiger partial charge in [0.25, 0.3) is 0 Å². The summed E-state index contributed by atoms with van der Waals surface area (Å²) in [5.41, 5.74) is 8.10. The summed E-state index contributed by atoms with van der Waals surface area (Å²) in [5, 5.41) is 4.66. The van der Waals surface area contributed by atoms with Crippen molar-refractivity contribution in [1.82, 2.24) is 14.4 Å². The van der Waals surface area contributed by atoms with Crippen molar-refractivity contribution in [3.05, 3.63) is 72.1 Å². The van der Waals surface area contributed by atoms with Crippen molar-refractivity contribution in [1.29, 1.82) is 0 Å². The Bertz CT molecular complexity index is 1320. The van der Waals surface area contributed by atoms with Crippen LogP contribution in [-0.2, 0) is 0 Å². The number of benzene rings is 2. The highest BCUT2D eigenvalue weighted by Gasteiger charge is 2.18. The molecule has 0 spiro atoms. The third kappa shape index (κ3) is 3.94. The number of halogens is 3. The van der Waals surface area contributed by atoms with Gasteiger partial charge in [-0.15, -0.1) is 0 Å². The van der Waals surface area contributed by atoms with Gasteiger partial charge in [0.1, 0.15) is 28.7 Å². The molecule has 0 aliphatic carbocycles. The molecule has 4 aromatic rings. The molecular formula is C22H19F3N6O. The summed E-state index contributed by atoms with van der Waals surface area (Å²) in [6.45, 7) is 4.05. The predicted molar refractivity (Wildman–Crippen MR) is 116 cm³/mol. The number of nitrogens with one attached hydrogen (secondary N) is 2. The number of fused-ring (bicyclic) bond motifs is 1. The molecule has 4 N–H and O–H groups in total. The average molecular weight is 440 g/mol. The van der Waals surface area contributed by atoms with E-state index in [0.717, 1.165) is 11.4 Å². The van der Waals surface area contributed by atoms with E-state index in [9.17, 15) is 18.0 Å². The first kappa shape index (κ1) is 21.2. The van der Waals surface area contributed by atoms with Gasteiger partial charge in [-0.2, -0.15) is 0 Å². The molecule has 0 unspecified atom stereocenters. The summed E-state index contributed by atoms with van der Waals surface area (Å²) in [4.78, 5) is 21.0. The quantitative estimate of drug-likeness (QED) is 0.382. The molecule has 7 nitrogen and oxygen atoms in total. The predicted octanol–water partition coefficient (Wildman–Crippen LogP) is 5.16. The molecule has 4 rings (SSSR count). The number of nitrogens with two attached hydrogens (primary N) is 1. The van der Waals surface area contributed by atoms with E-state index in [1.807, 2.05) is 18.2 Å². The average Bonchev–Trinajstić information content (AvgIpc) is 3.14. The van der Waals surface area contributed by atoms with Crippen LogP contribution in [0.1, 0.15) is 25.6 Å². The van der Waals surface area contributed by atoms with Crippen molar-refractivity contribution in [3.63, 3.8) is 0 Å². The van der Waals surface area contributed by atoms with Crippen LogP contribution in [0.25, 0.3) is 16.8 Å². The number of nitrogens with zero attached hydrogens (tertiary/aromatic N) is 3. The maximum absolute atomic E-state index is 13.7. The standard InChI is InChI=1S/C22H19F3N6O/c1-11(2)21-30-18(19-20(26)27-7-8-31(19)21)12-3-5-13(6-4-12)28-22(32)29-17-10-15(24)14(23)9-16(17)25/h3-11H,1-2H3,(H2,26,27)(H2,28,29,32). The van der Waals surface area contributed by atoms with Gasteiger partial charge in [0.05, 0.1) is 5.69 Å². The molecule has 0 aliphatic rings. The molecule has 10 heteroatoms. The fourth-order valence-corrected chi connectivity index (χ4v) is 3.31. The number of imidazole rings is 1. The second-order valence-electron chi connectivity index (χ2n) is 7.41. The van der Waals surface area contributed by atoms with Crippen molar-refractivity contribution in [2.75, 3.05) is 16.4 Å². The molecule has 2 heterocycles. The molecule has 2 aromatic heterocycles. The summed E-state index contributed by atoms with van der Waals surface area (Å²) in [5.74, 6) is -2.37. The van der Waals surface area contributed by atoms with E-state index in [1.54, 1.807) is 36.7 Å². The number of amides is 2. The Kier molecular flexibility index (Phi) is 5.43. The summed E-state index contributed by atoms with van der Waals surface area (Å²) in [6.07, 6.45) is 3.41. The Morgan fingerprint density at radius 2 is 1.72 bits per heavy atom. The van der Waals surface area contributed by atoms with Crippen LogP contribution in [0, 0.1) is 17.5 Å². The van der Waals surface area contributed by atoms with Crippen molar-refractivity contribution >= 4 is 28.7 Å². The SMILES string of the molecule is CC(C)c1nc(-c2ccc(NC(=O)Nc3cc(F)c(F)cc3F)cc2)c2c(N)nccn12. The lowest BCUT2D eigenvalue weighted by Crippen LogP contribution is -2.20. The van der Waals surface area contributed by atoms with Gasteiger partial charge in [0.15, 0.2) is 11.6 Å². The fraction of sp³-hybridized carbons (Fsp3) is 0.136. The van der Waals surface area contributed by atoms with E-state index in [1.165, 1.54) is 0 Å². The van der Waals surface area contributed by atoms with Crippen molar-refractivity contribution in [2.45, 2.75) is 19.8 Å². The highest BCUT2D eigenvalue weighted by atomic mass is 19.2. The van der Waals surface area contributed by atoms with Gasteiger partial charge in [-0.3, -0.25) is 4.40 Å². The minimum Gasteiger partial charge on any atom is -0.382 e. The highest BCUT2D eigenvalue weighted by Crippen LogP contribution is 2.31. The topological polar surface area (TPSA) is 97.3 Å². The number of carbonyl (C=O) groups excluding carboxylic acids is 1. The lowest BCUT2D eigenvalue weighted by molar-refractivity contribution is 0.262. The molecule has 0 saturated heterocycles. The summed E-state index contributed by atoms with van der Waals surface area (Å²) in [6, 6.07) is 6.86. The molecule has 0 aliphatic heterocycles. The zero-order valence-electron chi connectivity index (χ0n) is 17.2. The maximum Gasteiger partial charge on any atom is 0.323 e. The highest BCUT2D eigenvalue weighted by molar-refractivity contribution is 6.00. The molecule has 0 radical (unpaired) electrons. The smallest absolute Gasteiger partial charge is 0.323 e. The van der Waals surface area contributed by atoms with E-state index in [0.29, 0.717) is 34.8 Å². The maximum atomic E-state index is 13.7. The zero-order valence-corrected chi connectivity index (χ0v) is 17.2. The summed E-state index contributed by atoms with van der Waals surface area (Å²) in [7, 11) is 0. The van der Waals surface area contributed by atoms with E-state index in [-0.39, 0.29) is 5.92 Å². The monoisotopic (exact) mass is 440 g/mol. The number of aromatic nitrogens is 3. The van der Waals surface area contributed by atoms with Gasteiger partial charge >= 0.3 is 6.03 Å². The number of anilines is 3. The molecule has 0 saturated carbocycles. The Morgan fingerprint density at radius 1 is 1.03 bits per heavy atom. The van der Waals surface area contributed by atoms with Crippen LogP contribution in [-0.4, -0.2) is 20.4 Å². The van der Waals surface area contributed by atoms with Crippen LogP contribution in [0.3, 0.4) is 0 Å². The molecular weight excluding hydrogens is 421 g/mol. The van der Waals surface area contributed by atoms with Crippen molar-refractivity contribution in [2.24, 2.45) is 0 Å².